The number of anilines is 1. The molecule has 3 rings (SSSR count). The molecule has 6 nitrogen and oxygen atoms in total. The molecule has 3 N–H and O–H groups in total. The van der Waals surface area contributed by atoms with Crippen LogP contribution in [0.5, 0.6) is 0 Å². The van der Waals surface area contributed by atoms with Crippen LogP contribution in [0.1, 0.15) is 0 Å². The van der Waals surface area contributed by atoms with E-state index in [1.807, 2.05) is 6.20 Å². The lowest BCUT2D eigenvalue weighted by atomic mass is 10.1. The SMILES string of the molecule is COCCNc1c(-c2cn[nH]c2)cnc2[nH]cc(Cl)c12. The summed E-state index contributed by atoms with van der Waals surface area (Å²) in [6.45, 7) is 1.29. The predicted octanol–water partition coefficient (Wildman–Crippen LogP) is 2.66. The molecular weight excluding hydrogens is 278 g/mol. The third-order valence-corrected chi connectivity index (χ3v) is 3.37. The average molecular weight is 292 g/mol. The van der Waals surface area contributed by atoms with Gasteiger partial charge >= 0.3 is 0 Å². The van der Waals surface area contributed by atoms with Crippen molar-refractivity contribution in [2.75, 3.05) is 25.6 Å². The normalized spacial score (nSPS) is 11.1. The van der Waals surface area contributed by atoms with Crippen LogP contribution in [0.2, 0.25) is 5.02 Å². The maximum Gasteiger partial charge on any atom is 0.140 e. The van der Waals surface area contributed by atoms with E-state index >= 15 is 0 Å². The first-order chi connectivity index (χ1) is 9.81. The summed E-state index contributed by atoms with van der Waals surface area (Å²) < 4.78 is 5.08. The summed E-state index contributed by atoms with van der Waals surface area (Å²) in [5.74, 6) is 0. The van der Waals surface area contributed by atoms with Crippen molar-refractivity contribution in [2.24, 2.45) is 0 Å². The second-order valence-electron chi connectivity index (χ2n) is 4.31. The van der Waals surface area contributed by atoms with Gasteiger partial charge in [-0.1, -0.05) is 11.6 Å². The van der Waals surface area contributed by atoms with Crippen LogP contribution in [0.15, 0.2) is 24.8 Å². The number of hydrogen-bond acceptors (Lipinski definition) is 4. The highest BCUT2D eigenvalue weighted by Gasteiger charge is 2.15. The number of hydrogen-bond donors (Lipinski definition) is 3. The van der Waals surface area contributed by atoms with Gasteiger partial charge in [0.1, 0.15) is 5.65 Å². The molecule has 0 aliphatic heterocycles. The maximum absolute atomic E-state index is 6.26. The van der Waals surface area contributed by atoms with Crippen LogP contribution in [0.25, 0.3) is 22.2 Å². The second kappa shape index (κ2) is 5.52. The molecule has 0 fully saturated rings. The lowest BCUT2D eigenvalue weighted by molar-refractivity contribution is 0.211. The second-order valence-corrected chi connectivity index (χ2v) is 4.72. The Kier molecular flexibility index (Phi) is 3.58. The van der Waals surface area contributed by atoms with Gasteiger partial charge in [-0.15, -0.1) is 0 Å². The zero-order valence-electron chi connectivity index (χ0n) is 10.9. The topological polar surface area (TPSA) is 78.6 Å². The summed E-state index contributed by atoms with van der Waals surface area (Å²) in [4.78, 5) is 7.45. The number of ether oxygens (including phenoxy) is 1. The minimum absolute atomic E-state index is 0.608. The van der Waals surface area contributed by atoms with Crippen molar-refractivity contribution in [3.63, 3.8) is 0 Å². The van der Waals surface area contributed by atoms with Gasteiger partial charge in [-0.3, -0.25) is 5.10 Å². The van der Waals surface area contributed by atoms with E-state index in [0.717, 1.165) is 27.8 Å². The van der Waals surface area contributed by atoms with Gasteiger partial charge in [0.25, 0.3) is 0 Å². The highest BCUT2D eigenvalue weighted by atomic mass is 35.5. The first-order valence-corrected chi connectivity index (χ1v) is 6.56. The van der Waals surface area contributed by atoms with Crippen LogP contribution >= 0.6 is 11.6 Å². The van der Waals surface area contributed by atoms with Crippen LogP contribution in [0.4, 0.5) is 5.69 Å². The lowest BCUT2D eigenvalue weighted by Gasteiger charge is -2.12. The number of nitrogens with zero attached hydrogens (tertiary/aromatic N) is 2. The van der Waals surface area contributed by atoms with Gasteiger partial charge in [-0.2, -0.15) is 5.10 Å². The third-order valence-electron chi connectivity index (χ3n) is 3.07. The first-order valence-electron chi connectivity index (χ1n) is 6.19. The third kappa shape index (κ3) is 2.23. The number of aromatic nitrogens is 4. The Morgan fingerprint density at radius 1 is 1.35 bits per heavy atom. The number of methoxy groups -OCH3 is 1. The molecule has 0 radical (unpaired) electrons. The van der Waals surface area contributed by atoms with Crippen LogP contribution in [0, 0.1) is 0 Å². The van der Waals surface area contributed by atoms with Gasteiger partial charge in [0.05, 0.1) is 28.9 Å². The van der Waals surface area contributed by atoms with Gasteiger partial charge in [0, 0.05) is 43.4 Å². The highest BCUT2D eigenvalue weighted by Crippen LogP contribution is 2.36. The average Bonchev–Trinajstić information content (AvgIpc) is 3.09. The fourth-order valence-electron chi connectivity index (χ4n) is 2.14. The number of rotatable bonds is 5. The monoisotopic (exact) mass is 291 g/mol. The van der Waals surface area contributed by atoms with Crippen LogP contribution < -0.4 is 5.32 Å². The zero-order valence-corrected chi connectivity index (χ0v) is 11.7. The fourth-order valence-corrected chi connectivity index (χ4v) is 2.37. The standard InChI is InChI=1S/C13H14ClN5O/c1-20-3-2-15-12-9(8-4-18-19-5-8)6-16-13-11(12)10(14)7-17-13/h4-7H,2-3H2,1H3,(H,18,19)(H2,15,16,17). The van der Waals surface area contributed by atoms with Crippen molar-refractivity contribution in [2.45, 2.75) is 0 Å². The molecule has 3 aromatic heterocycles. The quantitative estimate of drug-likeness (QED) is 0.632. The molecule has 3 heterocycles. The molecule has 20 heavy (non-hydrogen) atoms. The summed E-state index contributed by atoms with van der Waals surface area (Å²) in [6, 6.07) is 0. The molecule has 0 aliphatic rings. The number of fused-ring (bicyclic) bond motifs is 1. The Hall–Kier alpha value is -2.05. The van der Waals surface area contributed by atoms with E-state index in [-0.39, 0.29) is 0 Å². The van der Waals surface area contributed by atoms with Gasteiger partial charge in [-0.25, -0.2) is 4.98 Å². The number of pyridine rings is 1. The lowest BCUT2D eigenvalue weighted by Crippen LogP contribution is -2.09. The molecular formula is C13H14ClN5O. The van der Waals surface area contributed by atoms with Crippen molar-refractivity contribution in [1.29, 1.82) is 0 Å². The van der Waals surface area contributed by atoms with Gasteiger partial charge < -0.3 is 15.0 Å². The molecule has 0 saturated carbocycles. The molecule has 7 heteroatoms. The molecule has 0 amide bonds. The molecule has 104 valence electrons. The minimum Gasteiger partial charge on any atom is -0.383 e. The van der Waals surface area contributed by atoms with E-state index < -0.39 is 0 Å². The van der Waals surface area contributed by atoms with E-state index in [2.05, 4.69) is 25.5 Å². The fraction of sp³-hybridized carbons (Fsp3) is 0.231. The molecule has 0 spiro atoms. The van der Waals surface area contributed by atoms with Crippen LogP contribution in [-0.4, -0.2) is 40.4 Å². The Balaban J connectivity index is 2.13. The summed E-state index contributed by atoms with van der Waals surface area (Å²) in [6.07, 6.45) is 7.12. The van der Waals surface area contributed by atoms with Crippen LogP contribution in [0.3, 0.4) is 0 Å². The Morgan fingerprint density at radius 2 is 2.25 bits per heavy atom. The van der Waals surface area contributed by atoms with Crippen molar-refractivity contribution in [3.05, 3.63) is 29.8 Å². The van der Waals surface area contributed by atoms with E-state index in [0.29, 0.717) is 18.2 Å². The molecule has 0 aromatic carbocycles. The summed E-state index contributed by atoms with van der Waals surface area (Å²) in [5, 5.41) is 11.7. The van der Waals surface area contributed by atoms with Gasteiger partial charge in [-0.05, 0) is 0 Å². The molecule has 3 aromatic rings. The van der Waals surface area contributed by atoms with E-state index in [1.165, 1.54) is 0 Å². The first kappa shape index (κ1) is 13.0. The maximum atomic E-state index is 6.26. The van der Waals surface area contributed by atoms with Crippen molar-refractivity contribution in [1.82, 2.24) is 20.2 Å². The smallest absolute Gasteiger partial charge is 0.140 e. The van der Waals surface area contributed by atoms with Gasteiger partial charge in [0.15, 0.2) is 0 Å². The molecule has 0 aliphatic carbocycles. The number of aromatic amines is 2. The zero-order chi connectivity index (χ0) is 13.9. The summed E-state index contributed by atoms with van der Waals surface area (Å²) in [5.41, 5.74) is 3.59. The van der Waals surface area contributed by atoms with E-state index in [4.69, 9.17) is 16.3 Å². The minimum atomic E-state index is 0.608. The van der Waals surface area contributed by atoms with Gasteiger partial charge in [0.2, 0.25) is 0 Å². The van der Waals surface area contributed by atoms with E-state index in [9.17, 15) is 0 Å². The molecule has 0 unspecified atom stereocenters. The molecule has 0 bridgehead atoms. The van der Waals surface area contributed by atoms with E-state index in [1.54, 1.807) is 25.7 Å². The molecule has 0 saturated heterocycles. The molecule has 0 atom stereocenters. The van der Waals surface area contributed by atoms with Crippen molar-refractivity contribution < 1.29 is 4.74 Å². The summed E-state index contributed by atoms with van der Waals surface area (Å²) >= 11 is 6.26. The Bertz CT molecular complexity index is 707. The predicted molar refractivity (Wildman–Crippen MR) is 79.1 cm³/mol. The number of nitrogens with one attached hydrogen (secondary N) is 3. The van der Waals surface area contributed by atoms with Crippen LogP contribution in [-0.2, 0) is 4.74 Å². The Morgan fingerprint density at radius 3 is 3.00 bits per heavy atom. The number of halogens is 1. The van der Waals surface area contributed by atoms with Crippen molar-refractivity contribution in [3.8, 4) is 11.1 Å². The Labute approximate surface area is 120 Å². The summed E-state index contributed by atoms with van der Waals surface area (Å²) in [7, 11) is 1.67. The number of H-pyrrole nitrogens is 2. The largest absolute Gasteiger partial charge is 0.383 e. The highest BCUT2D eigenvalue weighted by molar-refractivity contribution is 6.36. The van der Waals surface area contributed by atoms with Crippen molar-refractivity contribution >= 4 is 28.3 Å².